The van der Waals surface area contributed by atoms with Gasteiger partial charge in [0.2, 0.25) is 0 Å². The highest BCUT2D eigenvalue weighted by Crippen LogP contribution is 2.13. The molecular formula is C11H18N4O3S. The molecule has 0 aliphatic rings. The molecule has 19 heavy (non-hydrogen) atoms. The first-order valence-corrected chi connectivity index (χ1v) is 7.23. The van der Waals surface area contributed by atoms with Crippen LogP contribution in [0.3, 0.4) is 0 Å². The molecular weight excluding hydrogens is 268 g/mol. The van der Waals surface area contributed by atoms with Gasteiger partial charge in [0.1, 0.15) is 0 Å². The van der Waals surface area contributed by atoms with E-state index in [1.54, 1.807) is 31.2 Å². The molecule has 0 unspecified atom stereocenters. The van der Waals surface area contributed by atoms with Crippen molar-refractivity contribution in [2.75, 3.05) is 26.4 Å². The standard InChI is InChI=1S/C11H18N4O3S/c1-15(2)13-6-7-19(17,18)10-5-3-4-9(8-10)11(12)14-16/h3-5,8,13,16H,6-7H2,1-2H3,(H2,12,14). The summed E-state index contributed by atoms with van der Waals surface area (Å²) in [5, 5.41) is 13.1. The Hall–Kier alpha value is -1.64. The van der Waals surface area contributed by atoms with Crippen molar-refractivity contribution in [3.05, 3.63) is 29.8 Å². The first-order valence-electron chi connectivity index (χ1n) is 5.58. The molecule has 8 heteroatoms. The number of rotatable bonds is 6. The maximum atomic E-state index is 12.1. The summed E-state index contributed by atoms with van der Waals surface area (Å²) in [5.41, 5.74) is 8.68. The van der Waals surface area contributed by atoms with Gasteiger partial charge in [-0.05, 0) is 12.1 Å². The van der Waals surface area contributed by atoms with Crippen LogP contribution in [-0.4, -0.2) is 50.9 Å². The lowest BCUT2D eigenvalue weighted by Crippen LogP contribution is -2.34. The molecule has 0 atom stereocenters. The van der Waals surface area contributed by atoms with Crippen molar-refractivity contribution >= 4 is 15.7 Å². The molecule has 0 saturated carbocycles. The normalized spacial score (nSPS) is 12.9. The predicted molar refractivity (Wildman–Crippen MR) is 72.7 cm³/mol. The van der Waals surface area contributed by atoms with E-state index in [1.807, 2.05) is 0 Å². The Kier molecular flexibility index (Phi) is 5.28. The van der Waals surface area contributed by atoms with E-state index in [0.29, 0.717) is 12.1 Å². The number of nitrogens with two attached hydrogens (primary N) is 1. The number of hydrazine groups is 1. The molecule has 0 bridgehead atoms. The lowest BCUT2D eigenvalue weighted by Gasteiger charge is -2.12. The fourth-order valence-electron chi connectivity index (χ4n) is 1.43. The number of benzene rings is 1. The molecule has 0 saturated heterocycles. The third-order valence-corrected chi connectivity index (χ3v) is 4.11. The van der Waals surface area contributed by atoms with Crippen molar-refractivity contribution in [3.63, 3.8) is 0 Å². The van der Waals surface area contributed by atoms with Crippen molar-refractivity contribution in [1.82, 2.24) is 10.4 Å². The molecule has 0 radical (unpaired) electrons. The highest BCUT2D eigenvalue weighted by molar-refractivity contribution is 7.91. The number of sulfone groups is 1. The van der Waals surface area contributed by atoms with Crippen LogP contribution in [0.5, 0.6) is 0 Å². The zero-order chi connectivity index (χ0) is 14.5. The zero-order valence-corrected chi connectivity index (χ0v) is 11.7. The van der Waals surface area contributed by atoms with E-state index in [-0.39, 0.29) is 16.5 Å². The fourth-order valence-corrected chi connectivity index (χ4v) is 2.62. The minimum atomic E-state index is -3.40. The maximum Gasteiger partial charge on any atom is 0.179 e. The van der Waals surface area contributed by atoms with Crippen molar-refractivity contribution in [3.8, 4) is 0 Å². The first kappa shape index (κ1) is 15.4. The summed E-state index contributed by atoms with van der Waals surface area (Å²) in [6, 6.07) is 6.00. The van der Waals surface area contributed by atoms with E-state index in [2.05, 4.69) is 10.6 Å². The summed E-state index contributed by atoms with van der Waals surface area (Å²) in [4.78, 5) is 0.150. The third-order valence-electron chi connectivity index (χ3n) is 2.40. The van der Waals surface area contributed by atoms with E-state index in [9.17, 15) is 8.42 Å². The lowest BCUT2D eigenvalue weighted by atomic mass is 10.2. The summed E-state index contributed by atoms with van der Waals surface area (Å²) in [6.45, 7) is 0.309. The quantitative estimate of drug-likeness (QED) is 0.285. The van der Waals surface area contributed by atoms with Crippen LogP contribution in [0.4, 0.5) is 0 Å². The molecule has 0 heterocycles. The van der Waals surface area contributed by atoms with Gasteiger partial charge in [0.15, 0.2) is 15.7 Å². The average molecular weight is 286 g/mol. The van der Waals surface area contributed by atoms with E-state index in [0.717, 1.165) is 0 Å². The van der Waals surface area contributed by atoms with E-state index in [1.165, 1.54) is 12.1 Å². The number of nitrogens with one attached hydrogen (secondary N) is 1. The van der Waals surface area contributed by atoms with Crippen LogP contribution in [0.25, 0.3) is 0 Å². The molecule has 0 amide bonds. The number of hydrogen-bond acceptors (Lipinski definition) is 6. The molecule has 0 spiro atoms. The molecule has 106 valence electrons. The highest BCUT2D eigenvalue weighted by atomic mass is 32.2. The van der Waals surface area contributed by atoms with Gasteiger partial charge in [0.05, 0.1) is 10.6 Å². The van der Waals surface area contributed by atoms with Gasteiger partial charge in [-0.25, -0.2) is 8.42 Å². The lowest BCUT2D eigenvalue weighted by molar-refractivity contribution is 0.299. The zero-order valence-electron chi connectivity index (χ0n) is 10.9. The first-order chi connectivity index (χ1) is 8.86. The molecule has 1 aromatic carbocycles. The fraction of sp³-hybridized carbons (Fsp3) is 0.364. The van der Waals surface area contributed by atoms with Crippen LogP contribution in [-0.2, 0) is 9.84 Å². The second-order valence-corrected chi connectivity index (χ2v) is 6.24. The minimum absolute atomic E-state index is 0.0369. The van der Waals surface area contributed by atoms with Gasteiger partial charge < -0.3 is 10.9 Å². The molecule has 0 aliphatic heterocycles. The maximum absolute atomic E-state index is 12.1. The summed E-state index contributed by atoms with van der Waals surface area (Å²) in [6.07, 6.45) is 0. The third kappa shape index (κ3) is 4.51. The summed E-state index contributed by atoms with van der Waals surface area (Å²) < 4.78 is 24.2. The second-order valence-electron chi connectivity index (χ2n) is 4.13. The van der Waals surface area contributed by atoms with Crippen LogP contribution < -0.4 is 11.2 Å². The van der Waals surface area contributed by atoms with Crippen LogP contribution in [0.1, 0.15) is 5.56 Å². The second kappa shape index (κ2) is 6.50. The minimum Gasteiger partial charge on any atom is -0.409 e. The van der Waals surface area contributed by atoms with Crippen LogP contribution in [0.15, 0.2) is 34.3 Å². The monoisotopic (exact) mass is 286 g/mol. The van der Waals surface area contributed by atoms with E-state index >= 15 is 0 Å². The SMILES string of the molecule is CN(C)NCCS(=O)(=O)c1cccc(/C(N)=N/O)c1. The number of nitrogens with zero attached hydrogens (tertiary/aromatic N) is 2. The van der Waals surface area contributed by atoms with Crippen LogP contribution in [0, 0.1) is 0 Å². The van der Waals surface area contributed by atoms with Gasteiger partial charge in [-0.1, -0.05) is 17.3 Å². The molecule has 7 nitrogen and oxygen atoms in total. The van der Waals surface area contributed by atoms with E-state index < -0.39 is 9.84 Å². The van der Waals surface area contributed by atoms with Gasteiger partial charge in [0.25, 0.3) is 0 Å². The predicted octanol–water partition coefficient (Wildman–Crippen LogP) is -0.379. The van der Waals surface area contributed by atoms with Crippen molar-refractivity contribution in [1.29, 1.82) is 0 Å². The smallest absolute Gasteiger partial charge is 0.179 e. The number of hydrogen-bond donors (Lipinski definition) is 3. The van der Waals surface area contributed by atoms with E-state index in [4.69, 9.17) is 10.9 Å². The van der Waals surface area contributed by atoms with Crippen LogP contribution in [0.2, 0.25) is 0 Å². The van der Waals surface area contributed by atoms with Gasteiger partial charge in [0, 0.05) is 26.2 Å². The molecule has 1 rings (SSSR count). The molecule has 0 fully saturated rings. The Morgan fingerprint density at radius 3 is 2.74 bits per heavy atom. The Balaban J connectivity index is 2.90. The Bertz CT molecular complexity index is 555. The highest BCUT2D eigenvalue weighted by Gasteiger charge is 2.15. The number of oxime groups is 1. The topological polar surface area (TPSA) is 108 Å². The van der Waals surface area contributed by atoms with Crippen molar-refractivity contribution < 1.29 is 13.6 Å². The molecule has 0 aromatic heterocycles. The largest absolute Gasteiger partial charge is 0.409 e. The number of amidine groups is 1. The van der Waals surface area contributed by atoms with Gasteiger partial charge in [-0.3, -0.25) is 10.4 Å². The summed E-state index contributed by atoms with van der Waals surface area (Å²) >= 11 is 0. The van der Waals surface area contributed by atoms with Gasteiger partial charge in [-0.15, -0.1) is 0 Å². The molecule has 0 aliphatic carbocycles. The molecule has 4 N–H and O–H groups in total. The Morgan fingerprint density at radius 1 is 1.47 bits per heavy atom. The van der Waals surface area contributed by atoms with Crippen molar-refractivity contribution in [2.45, 2.75) is 4.90 Å². The average Bonchev–Trinajstić information content (AvgIpc) is 2.37. The Labute approximate surface area is 112 Å². The van der Waals surface area contributed by atoms with Crippen LogP contribution >= 0.6 is 0 Å². The summed E-state index contributed by atoms with van der Waals surface area (Å²) in [5.74, 6) is -0.159. The molecule has 1 aromatic rings. The summed E-state index contributed by atoms with van der Waals surface area (Å²) in [7, 11) is 0.165. The van der Waals surface area contributed by atoms with Gasteiger partial charge >= 0.3 is 0 Å². The Morgan fingerprint density at radius 2 is 2.16 bits per heavy atom. The van der Waals surface area contributed by atoms with Gasteiger partial charge in [-0.2, -0.15) is 0 Å². The van der Waals surface area contributed by atoms with Crippen molar-refractivity contribution in [2.24, 2.45) is 10.9 Å².